The largest absolute Gasteiger partial charge is 0.326 e. The summed E-state index contributed by atoms with van der Waals surface area (Å²) < 4.78 is 0. The van der Waals surface area contributed by atoms with Gasteiger partial charge in [0.1, 0.15) is 0 Å². The first-order valence-corrected chi connectivity index (χ1v) is 6.60. The Morgan fingerprint density at radius 3 is 2.47 bits per heavy atom. The van der Waals surface area contributed by atoms with E-state index < -0.39 is 0 Å². The van der Waals surface area contributed by atoms with Crippen molar-refractivity contribution in [2.24, 2.45) is 11.7 Å². The van der Waals surface area contributed by atoms with E-state index in [-0.39, 0.29) is 0 Å². The van der Waals surface area contributed by atoms with Crippen molar-refractivity contribution in [2.75, 3.05) is 13.1 Å². The fourth-order valence-corrected chi connectivity index (χ4v) is 3.29. The minimum atomic E-state index is 0.399. The van der Waals surface area contributed by atoms with Crippen LogP contribution in [0.3, 0.4) is 0 Å². The van der Waals surface area contributed by atoms with Crippen molar-refractivity contribution < 1.29 is 0 Å². The molecule has 0 amide bonds. The molecule has 1 aliphatic heterocycles. The molecule has 0 aromatic carbocycles. The topological polar surface area (TPSA) is 29.3 Å². The highest BCUT2D eigenvalue weighted by molar-refractivity contribution is 4.91. The molecule has 0 aromatic heterocycles. The van der Waals surface area contributed by atoms with Crippen LogP contribution in [-0.2, 0) is 0 Å². The van der Waals surface area contributed by atoms with Crippen LogP contribution in [0.2, 0.25) is 0 Å². The molecule has 88 valence electrons. The van der Waals surface area contributed by atoms with Gasteiger partial charge in [0.2, 0.25) is 0 Å². The molecule has 1 unspecified atom stereocenters. The summed E-state index contributed by atoms with van der Waals surface area (Å²) in [6.07, 6.45) is 8.24. The average Bonchev–Trinajstić information content (AvgIpc) is 2.76. The molecule has 0 bridgehead atoms. The first-order chi connectivity index (χ1) is 7.09. The summed E-state index contributed by atoms with van der Waals surface area (Å²) in [7, 11) is 0. The third kappa shape index (κ3) is 2.54. The van der Waals surface area contributed by atoms with E-state index in [1.165, 1.54) is 45.1 Å². The second-order valence-electron chi connectivity index (χ2n) is 6.07. The van der Waals surface area contributed by atoms with Crippen LogP contribution in [-0.4, -0.2) is 29.6 Å². The van der Waals surface area contributed by atoms with Gasteiger partial charge < -0.3 is 5.73 Å². The maximum absolute atomic E-state index is 6.34. The molecule has 2 aliphatic rings. The lowest BCUT2D eigenvalue weighted by Gasteiger charge is -2.35. The first kappa shape index (κ1) is 11.4. The van der Waals surface area contributed by atoms with Gasteiger partial charge in [-0.15, -0.1) is 0 Å². The highest BCUT2D eigenvalue weighted by Crippen LogP contribution is 2.31. The molecular weight excluding hydrogens is 184 g/mol. The summed E-state index contributed by atoms with van der Waals surface area (Å²) in [4.78, 5) is 2.61. The van der Waals surface area contributed by atoms with Crippen LogP contribution in [0.1, 0.15) is 52.4 Å². The Labute approximate surface area is 94.2 Å². The number of hydrogen-bond acceptors (Lipinski definition) is 2. The highest BCUT2D eigenvalue weighted by Gasteiger charge is 2.34. The van der Waals surface area contributed by atoms with E-state index in [1.54, 1.807) is 0 Å². The van der Waals surface area contributed by atoms with Crippen molar-refractivity contribution >= 4 is 0 Å². The van der Waals surface area contributed by atoms with Gasteiger partial charge in [-0.2, -0.15) is 0 Å². The monoisotopic (exact) mass is 210 g/mol. The van der Waals surface area contributed by atoms with E-state index in [4.69, 9.17) is 5.73 Å². The molecule has 2 nitrogen and oxygen atoms in total. The van der Waals surface area contributed by atoms with Crippen LogP contribution < -0.4 is 5.73 Å². The van der Waals surface area contributed by atoms with Crippen molar-refractivity contribution in [3.8, 4) is 0 Å². The van der Waals surface area contributed by atoms with Gasteiger partial charge in [0.15, 0.2) is 0 Å². The number of hydrogen-bond donors (Lipinski definition) is 1. The van der Waals surface area contributed by atoms with Gasteiger partial charge in [-0.05, 0) is 52.0 Å². The van der Waals surface area contributed by atoms with Crippen LogP contribution in [0.15, 0.2) is 0 Å². The smallest absolute Gasteiger partial charge is 0.0196 e. The zero-order valence-electron chi connectivity index (χ0n) is 10.3. The summed E-state index contributed by atoms with van der Waals surface area (Å²) in [6, 6.07) is 0.421. The zero-order valence-corrected chi connectivity index (χ0v) is 10.3. The molecule has 15 heavy (non-hydrogen) atoms. The maximum atomic E-state index is 6.34. The van der Waals surface area contributed by atoms with Gasteiger partial charge >= 0.3 is 0 Å². The third-order valence-corrected chi connectivity index (χ3v) is 4.51. The second kappa shape index (κ2) is 4.42. The molecule has 2 rings (SSSR count). The Kier molecular flexibility index (Phi) is 3.36. The van der Waals surface area contributed by atoms with Crippen LogP contribution in [0, 0.1) is 5.92 Å². The van der Waals surface area contributed by atoms with E-state index in [2.05, 4.69) is 18.7 Å². The van der Waals surface area contributed by atoms with Gasteiger partial charge in [-0.25, -0.2) is 0 Å². The minimum absolute atomic E-state index is 0.399. The van der Waals surface area contributed by atoms with Gasteiger partial charge in [-0.1, -0.05) is 12.8 Å². The predicted molar refractivity (Wildman–Crippen MR) is 64.8 cm³/mol. The van der Waals surface area contributed by atoms with E-state index in [0.29, 0.717) is 11.6 Å². The van der Waals surface area contributed by atoms with Crippen molar-refractivity contribution in [3.63, 3.8) is 0 Å². The standard InChI is InChI=1S/C13H26N2/c1-13(2)8-5-9-15(13)10-12(14)11-6-3-4-7-11/h11-12H,3-10,14H2,1-2H3. The summed E-state index contributed by atoms with van der Waals surface area (Å²) in [6.45, 7) is 7.10. The van der Waals surface area contributed by atoms with Crippen molar-refractivity contribution in [1.82, 2.24) is 4.90 Å². The molecule has 2 fully saturated rings. The Hall–Kier alpha value is -0.0800. The number of nitrogens with zero attached hydrogens (tertiary/aromatic N) is 1. The first-order valence-electron chi connectivity index (χ1n) is 6.60. The molecule has 0 spiro atoms. The van der Waals surface area contributed by atoms with E-state index >= 15 is 0 Å². The molecule has 1 saturated heterocycles. The molecule has 2 N–H and O–H groups in total. The molecule has 0 aromatic rings. The third-order valence-electron chi connectivity index (χ3n) is 4.51. The molecule has 1 atom stereocenters. The van der Waals surface area contributed by atoms with Gasteiger partial charge in [0.25, 0.3) is 0 Å². The van der Waals surface area contributed by atoms with Crippen molar-refractivity contribution in [1.29, 1.82) is 0 Å². The summed E-state index contributed by atoms with van der Waals surface area (Å²) in [5.41, 5.74) is 6.74. The molecule has 1 heterocycles. The molecule has 1 aliphatic carbocycles. The lowest BCUT2D eigenvalue weighted by atomic mass is 9.96. The SMILES string of the molecule is CC1(C)CCCN1CC(N)C1CCCC1. The summed E-state index contributed by atoms with van der Waals surface area (Å²) in [5.74, 6) is 0.807. The number of nitrogens with two attached hydrogens (primary N) is 1. The number of rotatable bonds is 3. The number of likely N-dealkylation sites (tertiary alicyclic amines) is 1. The minimum Gasteiger partial charge on any atom is -0.326 e. The molecular formula is C13H26N2. The molecule has 0 radical (unpaired) electrons. The Morgan fingerprint density at radius 1 is 1.27 bits per heavy atom. The Morgan fingerprint density at radius 2 is 1.93 bits per heavy atom. The van der Waals surface area contributed by atoms with Crippen LogP contribution >= 0.6 is 0 Å². The summed E-state index contributed by atoms with van der Waals surface area (Å²) in [5, 5.41) is 0. The van der Waals surface area contributed by atoms with Crippen LogP contribution in [0.4, 0.5) is 0 Å². The maximum Gasteiger partial charge on any atom is 0.0196 e. The van der Waals surface area contributed by atoms with Gasteiger partial charge in [-0.3, -0.25) is 4.90 Å². The lowest BCUT2D eigenvalue weighted by Crippen LogP contribution is -2.47. The van der Waals surface area contributed by atoms with Crippen molar-refractivity contribution in [3.05, 3.63) is 0 Å². The normalized spacial score (nSPS) is 29.8. The quantitative estimate of drug-likeness (QED) is 0.775. The molecule has 1 saturated carbocycles. The molecule has 2 heteroatoms. The highest BCUT2D eigenvalue weighted by atomic mass is 15.2. The average molecular weight is 210 g/mol. The lowest BCUT2D eigenvalue weighted by molar-refractivity contribution is 0.151. The fourth-order valence-electron chi connectivity index (χ4n) is 3.29. The van der Waals surface area contributed by atoms with Gasteiger partial charge in [0.05, 0.1) is 0 Å². The predicted octanol–water partition coefficient (Wildman–Crippen LogP) is 2.38. The van der Waals surface area contributed by atoms with Gasteiger partial charge in [0, 0.05) is 18.1 Å². The van der Waals surface area contributed by atoms with E-state index in [9.17, 15) is 0 Å². The fraction of sp³-hybridized carbons (Fsp3) is 1.00. The summed E-state index contributed by atoms with van der Waals surface area (Å²) >= 11 is 0. The Balaban J connectivity index is 1.85. The van der Waals surface area contributed by atoms with Crippen LogP contribution in [0.5, 0.6) is 0 Å². The van der Waals surface area contributed by atoms with E-state index in [0.717, 1.165) is 12.5 Å². The zero-order chi connectivity index (χ0) is 10.9. The van der Waals surface area contributed by atoms with Crippen LogP contribution in [0.25, 0.3) is 0 Å². The Bertz CT molecular complexity index is 207. The van der Waals surface area contributed by atoms with E-state index in [1.807, 2.05) is 0 Å². The van der Waals surface area contributed by atoms with Crippen molar-refractivity contribution in [2.45, 2.75) is 64.0 Å². The second-order valence-corrected chi connectivity index (χ2v) is 6.07.